The number of aliphatic hydroxyl groups excluding tert-OH is 1. The van der Waals surface area contributed by atoms with E-state index in [0.717, 1.165) is 0 Å². The monoisotopic (exact) mass is 303 g/mol. The lowest BCUT2D eigenvalue weighted by molar-refractivity contribution is -0.139. The number of carboxylic acids is 1. The zero-order chi connectivity index (χ0) is 16.4. The minimum atomic E-state index is -1.22. The summed E-state index contributed by atoms with van der Waals surface area (Å²) in [6.45, 7) is 3.74. The van der Waals surface area contributed by atoms with E-state index in [-0.39, 0.29) is 32.0 Å². The van der Waals surface area contributed by atoms with E-state index in [4.69, 9.17) is 15.9 Å². The number of nitrogens with one attached hydrogen (secondary N) is 1. The van der Waals surface area contributed by atoms with Crippen LogP contribution in [0, 0.1) is 0 Å². The molecule has 1 unspecified atom stereocenters. The molecule has 0 fully saturated rings. The summed E-state index contributed by atoms with van der Waals surface area (Å²) >= 11 is 0. The number of hydrogen-bond acceptors (Lipinski definition) is 4. The number of hydrogen-bond donors (Lipinski definition) is 4. The van der Waals surface area contributed by atoms with Gasteiger partial charge in [-0.1, -0.05) is 13.8 Å². The standard InChI is InChI=1S/C13H25N3O5/c1-3-9(4-2)16(7-8-17)13(21)15-10(12(19)20)5-6-11(14)18/h9-10,17H,3-8H2,1-2H3,(H2,14,18)(H,15,21)(H,19,20). The van der Waals surface area contributed by atoms with Crippen molar-refractivity contribution >= 4 is 17.9 Å². The molecular formula is C13H25N3O5. The molecule has 5 N–H and O–H groups in total. The van der Waals surface area contributed by atoms with E-state index in [1.54, 1.807) is 0 Å². The molecule has 0 saturated heterocycles. The first-order chi connectivity index (χ1) is 9.87. The Morgan fingerprint density at radius 3 is 2.19 bits per heavy atom. The van der Waals surface area contributed by atoms with Crippen LogP contribution in [0.1, 0.15) is 39.5 Å². The molecule has 1 atom stereocenters. The molecule has 0 spiro atoms. The molecule has 0 aromatic heterocycles. The van der Waals surface area contributed by atoms with Crippen molar-refractivity contribution in [3.63, 3.8) is 0 Å². The molecule has 122 valence electrons. The maximum atomic E-state index is 12.2. The van der Waals surface area contributed by atoms with Crippen LogP contribution in [0.25, 0.3) is 0 Å². The molecule has 0 heterocycles. The Kier molecular flexibility index (Phi) is 9.11. The van der Waals surface area contributed by atoms with Gasteiger partial charge < -0.3 is 26.2 Å². The number of aliphatic carboxylic acids is 1. The third-order valence-electron chi connectivity index (χ3n) is 3.26. The summed E-state index contributed by atoms with van der Waals surface area (Å²) in [6.07, 6.45) is 1.21. The van der Waals surface area contributed by atoms with Gasteiger partial charge in [0, 0.05) is 19.0 Å². The molecule has 0 aliphatic rings. The molecule has 0 bridgehead atoms. The van der Waals surface area contributed by atoms with Gasteiger partial charge in [0.15, 0.2) is 0 Å². The molecular weight excluding hydrogens is 278 g/mol. The summed E-state index contributed by atoms with van der Waals surface area (Å²) in [5.74, 6) is -1.85. The van der Waals surface area contributed by atoms with Gasteiger partial charge in [-0.3, -0.25) is 4.79 Å². The molecule has 0 aromatic carbocycles. The number of carboxylic acid groups (broad SMARTS) is 1. The lowest BCUT2D eigenvalue weighted by Crippen LogP contribution is -2.52. The molecule has 0 saturated carbocycles. The molecule has 3 amide bonds. The molecule has 0 aliphatic carbocycles. The van der Waals surface area contributed by atoms with Crippen LogP contribution in [0.3, 0.4) is 0 Å². The SMILES string of the molecule is CCC(CC)N(CCO)C(=O)NC(CCC(N)=O)C(=O)O. The normalized spacial score (nSPS) is 12.0. The first-order valence-electron chi connectivity index (χ1n) is 7.06. The highest BCUT2D eigenvalue weighted by molar-refractivity contribution is 5.83. The van der Waals surface area contributed by atoms with Crippen LogP contribution in [0.15, 0.2) is 0 Å². The predicted molar refractivity (Wildman–Crippen MR) is 76.5 cm³/mol. The van der Waals surface area contributed by atoms with Crippen LogP contribution in [0.5, 0.6) is 0 Å². The second-order valence-electron chi connectivity index (χ2n) is 4.73. The number of carbonyl (C=O) groups excluding carboxylic acids is 2. The quantitative estimate of drug-likeness (QED) is 0.447. The molecule has 8 nitrogen and oxygen atoms in total. The highest BCUT2D eigenvalue weighted by Gasteiger charge is 2.26. The summed E-state index contributed by atoms with van der Waals surface area (Å²) in [7, 11) is 0. The Labute approximate surface area is 124 Å². The van der Waals surface area contributed by atoms with E-state index in [9.17, 15) is 14.4 Å². The lowest BCUT2D eigenvalue weighted by Gasteiger charge is -2.31. The van der Waals surface area contributed by atoms with Gasteiger partial charge in [-0.25, -0.2) is 9.59 Å². The Morgan fingerprint density at radius 1 is 1.24 bits per heavy atom. The van der Waals surface area contributed by atoms with Crippen molar-refractivity contribution in [2.45, 2.75) is 51.6 Å². The smallest absolute Gasteiger partial charge is 0.326 e. The number of nitrogens with two attached hydrogens (primary N) is 1. The number of urea groups is 1. The number of aliphatic hydroxyl groups is 1. The van der Waals surface area contributed by atoms with E-state index < -0.39 is 23.9 Å². The van der Waals surface area contributed by atoms with Crippen molar-refractivity contribution < 1.29 is 24.6 Å². The van der Waals surface area contributed by atoms with Gasteiger partial charge in [0.05, 0.1) is 6.61 Å². The van der Waals surface area contributed by atoms with Crippen molar-refractivity contribution in [2.75, 3.05) is 13.2 Å². The maximum absolute atomic E-state index is 12.2. The van der Waals surface area contributed by atoms with Crippen LogP contribution in [-0.4, -0.2) is 58.3 Å². The second kappa shape index (κ2) is 9.98. The minimum absolute atomic E-state index is 0.0632. The van der Waals surface area contributed by atoms with Crippen LogP contribution >= 0.6 is 0 Å². The second-order valence-corrected chi connectivity index (χ2v) is 4.73. The first-order valence-corrected chi connectivity index (χ1v) is 7.06. The van der Waals surface area contributed by atoms with Crippen LogP contribution in [-0.2, 0) is 9.59 Å². The summed E-state index contributed by atoms with van der Waals surface area (Å²) < 4.78 is 0. The van der Waals surface area contributed by atoms with Gasteiger partial charge in [-0.15, -0.1) is 0 Å². The average Bonchev–Trinajstić information content (AvgIpc) is 2.42. The summed E-state index contributed by atoms with van der Waals surface area (Å²) in [4.78, 5) is 35.4. The molecule has 0 radical (unpaired) electrons. The maximum Gasteiger partial charge on any atom is 0.326 e. The Hall–Kier alpha value is -1.83. The van der Waals surface area contributed by atoms with E-state index in [2.05, 4.69) is 5.32 Å². The van der Waals surface area contributed by atoms with Crippen molar-refractivity contribution in [3.8, 4) is 0 Å². The highest BCUT2D eigenvalue weighted by atomic mass is 16.4. The molecule has 0 aromatic rings. The number of nitrogens with zero attached hydrogens (tertiary/aromatic N) is 1. The summed E-state index contributed by atoms with van der Waals surface area (Å²) in [5.41, 5.74) is 4.98. The Morgan fingerprint density at radius 2 is 1.81 bits per heavy atom. The summed E-state index contributed by atoms with van der Waals surface area (Å²) in [6, 6.07) is -1.82. The van der Waals surface area contributed by atoms with E-state index in [1.165, 1.54) is 4.90 Å². The van der Waals surface area contributed by atoms with Crippen LogP contribution < -0.4 is 11.1 Å². The van der Waals surface area contributed by atoms with E-state index >= 15 is 0 Å². The molecule has 21 heavy (non-hydrogen) atoms. The Bertz CT molecular complexity index is 358. The van der Waals surface area contributed by atoms with Crippen molar-refractivity contribution in [2.24, 2.45) is 5.73 Å². The van der Waals surface area contributed by atoms with Crippen molar-refractivity contribution in [3.05, 3.63) is 0 Å². The lowest BCUT2D eigenvalue weighted by atomic mass is 10.1. The first kappa shape index (κ1) is 19.2. The fourth-order valence-corrected chi connectivity index (χ4v) is 2.06. The minimum Gasteiger partial charge on any atom is -0.480 e. The highest BCUT2D eigenvalue weighted by Crippen LogP contribution is 2.09. The fourth-order valence-electron chi connectivity index (χ4n) is 2.06. The van der Waals surface area contributed by atoms with Gasteiger partial charge in [-0.2, -0.15) is 0 Å². The third-order valence-corrected chi connectivity index (χ3v) is 3.26. The van der Waals surface area contributed by atoms with Gasteiger partial charge in [0.25, 0.3) is 0 Å². The fraction of sp³-hybridized carbons (Fsp3) is 0.769. The molecule has 8 heteroatoms. The van der Waals surface area contributed by atoms with E-state index in [0.29, 0.717) is 12.8 Å². The van der Waals surface area contributed by atoms with Crippen LogP contribution in [0.2, 0.25) is 0 Å². The van der Waals surface area contributed by atoms with Gasteiger partial charge in [0.2, 0.25) is 5.91 Å². The topological polar surface area (TPSA) is 133 Å². The third kappa shape index (κ3) is 6.94. The van der Waals surface area contributed by atoms with Gasteiger partial charge in [-0.05, 0) is 19.3 Å². The summed E-state index contributed by atoms with van der Waals surface area (Å²) in [5, 5.41) is 20.5. The number of primary amides is 1. The van der Waals surface area contributed by atoms with Gasteiger partial charge in [0.1, 0.15) is 6.04 Å². The number of carbonyl (C=O) groups is 3. The molecule has 0 rings (SSSR count). The zero-order valence-corrected chi connectivity index (χ0v) is 12.5. The van der Waals surface area contributed by atoms with E-state index in [1.807, 2.05) is 13.8 Å². The predicted octanol–water partition coefficient (Wildman–Crippen LogP) is -0.102. The Balaban J connectivity index is 4.81. The van der Waals surface area contributed by atoms with Crippen molar-refractivity contribution in [1.82, 2.24) is 10.2 Å². The largest absolute Gasteiger partial charge is 0.480 e. The van der Waals surface area contributed by atoms with Crippen LogP contribution in [0.4, 0.5) is 4.79 Å². The van der Waals surface area contributed by atoms with Gasteiger partial charge >= 0.3 is 12.0 Å². The molecule has 0 aliphatic heterocycles. The number of amides is 3. The zero-order valence-electron chi connectivity index (χ0n) is 12.5. The number of rotatable bonds is 10. The average molecular weight is 303 g/mol. The van der Waals surface area contributed by atoms with Crippen molar-refractivity contribution in [1.29, 1.82) is 0 Å².